The van der Waals surface area contributed by atoms with Gasteiger partial charge in [0.25, 0.3) is 0 Å². The second-order valence-electron chi connectivity index (χ2n) is 11.7. The summed E-state index contributed by atoms with van der Waals surface area (Å²) in [5.41, 5.74) is 0. The van der Waals surface area contributed by atoms with Crippen LogP contribution in [-0.2, 0) is 4.74 Å². The molecule has 0 saturated carbocycles. The fourth-order valence-corrected chi connectivity index (χ4v) is 5.39. The lowest BCUT2D eigenvalue weighted by Crippen LogP contribution is -2.11. The summed E-state index contributed by atoms with van der Waals surface area (Å²) in [5.74, 6) is 0.819. The van der Waals surface area contributed by atoms with Crippen molar-refractivity contribution in [3.63, 3.8) is 0 Å². The number of ether oxygens (including phenoxy) is 1. The molecule has 0 aromatic heterocycles. The zero-order valence-corrected chi connectivity index (χ0v) is 25.2. The van der Waals surface area contributed by atoms with Gasteiger partial charge in [-0.15, -0.1) is 0 Å². The number of rotatable bonds is 31. The van der Waals surface area contributed by atoms with Crippen LogP contribution in [0.1, 0.15) is 201 Å². The highest BCUT2D eigenvalue weighted by Gasteiger charge is 2.09. The Kier molecular flexibility index (Phi) is 32.0. The maximum Gasteiger partial charge on any atom is 0.0494 e. The molecule has 0 aromatic rings. The zero-order chi connectivity index (χ0) is 25.5. The van der Waals surface area contributed by atoms with Crippen molar-refractivity contribution < 1.29 is 4.74 Å². The van der Waals surface area contributed by atoms with E-state index in [9.17, 15) is 0 Å². The minimum absolute atomic E-state index is 0.819. The van der Waals surface area contributed by atoms with Gasteiger partial charge in [0.2, 0.25) is 0 Å². The van der Waals surface area contributed by atoms with Crippen molar-refractivity contribution in [2.24, 2.45) is 5.92 Å². The lowest BCUT2D eigenvalue weighted by atomic mass is 9.95. The monoisotopic (exact) mass is 495 g/mol. The molecule has 1 nitrogen and oxygen atoms in total. The molecular weight excluding hydrogens is 424 g/mol. The Balaban J connectivity index is 3.49. The van der Waals surface area contributed by atoms with Gasteiger partial charge in [0, 0.05) is 13.2 Å². The van der Waals surface area contributed by atoms with Crippen molar-refractivity contribution >= 4 is 0 Å². The Hall–Kier alpha value is -0.0400. The first-order chi connectivity index (χ1) is 17.3. The van der Waals surface area contributed by atoms with E-state index in [1.165, 1.54) is 180 Å². The normalized spacial score (nSPS) is 12.4. The number of unbranched alkanes of at least 4 members (excludes halogenated alkanes) is 23. The fourth-order valence-electron chi connectivity index (χ4n) is 5.39. The summed E-state index contributed by atoms with van der Waals surface area (Å²) in [4.78, 5) is 0. The second-order valence-corrected chi connectivity index (χ2v) is 11.7. The lowest BCUT2D eigenvalue weighted by Gasteiger charge is -2.17. The topological polar surface area (TPSA) is 9.23 Å². The third-order valence-corrected chi connectivity index (χ3v) is 7.93. The minimum Gasteiger partial charge on any atom is -0.381 e. The number of hydrogen-bond acceptors (Lipinski definition) is 1. The standard InChI is InChI=1S/C34H70O/c1-4-7-10-13-15-16-17-18-19-20-21-22-23-24-26-29-32-35-33-34(30-27-12-9-6-3)31-28-25-14-11-8-5-2/h34H,4-33H2,1-3H3. The molecule has 1 unspecified atom stereocenters. The van der Waals surface area contributed by atoms with Crippen molar-refractivity contribution in [1.29, 1.82) is 0 Å². The van der Waals surface area contributed by atoms with Crippen LogP contribution >= 0.6 is 0 Å². The molecule has 212 valence electrons. The predicted molar refractivity (Wildman–Crippen MR) is 161 cm³/mol. The molecule has 0 amide bonds. The van der Waals surface area contributed by atoms with Gasteiger partial charge in [-0.2, -0.15) is 0 Å². The SMILES string of the molecule is CCCCCCCCCCCCCCCCCCOCC(CCCCCC)CCCCCCCC. The van der Waals surface area contributed by atoms with Gasteiger partial charge in [0.1, 0.15) is 0 Å². The van der Waals surface area contributed by atoms with E-state index in [1.54, 1.807) is 0 Å². The molecule has 1 heteroatoms. The lowest BCUT2D eigenvalue weighted by molar-refractivity contribution is 0.0878. The van der Waals surface area contributed by atoms with Gasteiger partial charge in [-0.25, -0.2) is 0 Å². The van der Waals surface area contributed by atoms with Gasteiger partial charge >= 0.3 is 0 Å². The second kappa shape index (κ2) is 32.0. The molecule has 0 saturated heterocycles. The Morgan fingerprint density at radius 3 is 1.00 bits per heavy atom. The molecule has 0 heterocycles. The van der Waals surface area contributed by atoms with Crippen molar-refractivity contribution in [1.82, 2.24) is 0 Å². The van der Waals surface area contributed by atoms with Gasteiger partial charge in [-0.05, 0) is 25.2 Å². The molecule has 0 aromatic carbocycles. The van der Waals surface area contributed by atoms with Crippen LogP contribution in [0.4, 0.5) is 0 Å². The molecule has 0 N–H and O–H groups in total. The van der Waals surface area contributed by atoms with Crippen LogP contribution in [0, 0.1) is 5.92 Å². The molecule has 0 spiro atoms. The third-order valence-electron chi connectivity index (χ3n) is 7.93. The molecule has 0 aliphatic rings. The fraction of sp³-hybridized carbons (Fsp3) is 1.00. The molecule has 0 aliphatic heterocycles. The smallest absolute Gasteiger partial charge is 0.0494 e. The Morgan fingerprint density at radius 2 is 0.629 bits per heavy atom. The van der Waals surface area contributed by atoms with Crippen LogP contribution in [0.2, 0.25) is 0 Å². The molecule has 0 bridgehead atoms. The van der Waals surface area contributed by atoms with Gasteiger partial charge in [-0.3, -0.25) is 0 Å². The first-order valence-corrected chi connectivity index (χ1v) is 16.9. The van der Waals surface area contributed by atoms with Crippen molar-refractivity contribution in [2.75, 3.05) is 13.2 Å². The first-order valence-electron chi connectivity index (χ1n) is 16.9. The summed E-state index contributed by atoms with van der Waals surface area (Å²) >= 11 is 0. The quantitative estimate of drug-likeness (QED) is 0.0870. The summed E-state index contributed by atoms with van der Waals surface area (Å²) in [6, 6.07) is 0. The van der Waals surface area contributed by atoms with Crippen molar-refractivity contribution in [2.45, 2.75) is 201 Å². The minimum atomic E-state index is 0.819. The van der Waals surface area contributed by atoms with E-state index in [4.69, 9.17) is 4.74 Å². The molecule has 0 fully saturated rings. The number of hydrogen-bond donors (Lipinski definition) is 0. The van der Waals surface area contributed by atoms with Crippen LogP contribution in [0.25, 0.3) is 0 Å². The van der Waals surface area contributed by atoms with Gasteiger partial charge < -0.3 is 4.74 Å². The Labute approximate surface area is 224 Å². The first kappa shape index (κ1) is 35.0. The van der Waals surface area contributed by atoms with Crippen LogP contribution < -0.4 is 0 Å². The maximum atomic E-state index is 6.17. The van der Waals surface area contributed by atoms with E-state index < -0.39 is 0 Å². The van der Waals surface area contributed by atoms with E-state index in [0.717, 1.165) is 19.1 Å². The Morgan fingerprint density at radius 1 is 0.343 bits per heavy atom. The summed E-state index contributed by atoms with van der Waals surface area (Å²) in [7, 11) is 0. The van der Waals surface area contributed by atoms with Gasteiger partial charge in [0.15, 0.2) is 0 Å². The summed E-state index contributed by atoms with van der Waals surface area (Å²) < 4.78 is 6.17. The molecule has 0 rings (SSSR count). The largest absolute Gasteiger partial charge is 0.381 e. The molecule has 35 heavy (non-hydrogen) atoms. The van der Waals surface area contributed by atoms with Crippen molar-refractivity contribution in [3.05, 3.63) is 0 Å². The van der Waals surface area contributed by atoms with Crippen LogP contribution in [-0.4, -0.2) is 13.2 Å². The van der Waals surface area contributed by atoms with E-state index >= 15 is 0 Å². The average molecular weight is 495 g/mol. The zero-order valence-electron chi connectivity index (χ0n) is 25.2. The molecule has 1 atom stereocenters. The van der Waals surface area contributed by atoms with E-state index in [2.05, 4.69) is 20.8 Å². The molecule has 0 aliphatic carbocycles. The Bertz CT molecular complexity index is 352. The molecular formula is C34H70O. The highest BCUT2D eigenvalue weighted by molar-refractivity contribution is 4.61. The van der Waals surface area contributed by atoms with Gasteiger partial charge in [0.05, 0.1) is 0 Å². The van der Waals surface area contributed by atoms with E-state index in [1.807, 2.05) is 0 Å². The van der Waals surface area contributed by atoms with Crippen LogP contribution in [0.5, 0.6) is 0 Å². The predicted octanol–water partition coefficient (Wildman–Crippen LogP) is 12.6. The van der Waals surface area contributed by atoms with E-state index in [-0.39, 0.29) is 0 Å². The summed E-state index contributed by atoms with van der Waals surface area (Å²) in [6.07, 6.45) is 39.9. The van der Waals surface area contributed by atoms with Crippen molar-refractivity contribution in [3.8, 4) is 0 Å². The maximum absolute atomic E-state index is 6.17. The highest BCUT2D eigenvalue weighted by atomic mass is 16.5. The highest BCUT2D eigenvalue weighted by Crippen LogP contribution is 2.20. The third kappa shape index (κ3) is 30.1. The van der Waals surface area contributed by atoms with E-state index in [0.29, 0.717) is 0 Å². The summed E-state index contributed by atoms with van der Waals surface area (Å²) in [5, 5.41) is 0. The van der Waals surface area contributed by atoms with Gasteiger partial charge in [-0.1, -0.05) is 181 Å². The average Bonchev–Trinajstić information content (AvgIpc) is 2.87. The van der Waals surface area contributed by atoms with Crippen LogP contribution in [0.15, 0.2) is 0 Å². The summed E-state index contributed by atoms with van der Waals surface area (Å²) in [6.45, 7) is 8.96. The molecule has 0 radical (unpaired) electrons. The van der Waals surface area contributed by atoms with Crippen LogP contribution in [0.3, 0.4) is 0 Å².